The van der Waals surface area contributed by atoms with Crippen LogP contribution in [0.2, 0.25) is 0 Å². The summed E-state index contributed by atoms with van der Waals surface area (Å²) in [5, 5.41) is 11.3. The first kappa shape index (κ1) is 18.3. The third-order valence-corrected chi connectivity index (χ3v) is 6.95. The van der Waals surface area contributed by atoms with Crippen molar-refractivity contribution in [1.82, 2.24) is 13.9 Å². The van der Waals surface area contributed by atoms with Gasteiger partial charge in [-0.1, -0.05) is 18.2 Å². The molecule has 0 unspecified atom stereocenters. The number of carbonyl (C=O) groups is 1. The topological polar surface area (TPSA) is 90.0 Å². The fraction of sp³-hybridized carbons (Fsp3) is 0.438. The number of amides is 1. The monoisotopic (exact) mass is 383 g/mol. The van der Waals surface area contributed by atoms with Crippen LogP contribution >= 0.6 is 11.3 Å². The van der Waals surface area contributed by atoms with Gasteiger partial charge in [0.05, 0.1) is 17.0 Å². The molecule has 7 nitrogen and oxygen atoms in total. The first-order valence-electron chi connectivity index (χ1n) is 7.93. The van der Waals surface area contributed by atoms with Gasteiger partial charge in [-0.3, -0.25) is 4.79 Å². The maximum Gasteiger partial charge on any atom is 0.279 e. The molecule has 25 heavy (non-hydrogen) atoms. The van der Waals surface area contributed by atoms with Crippen LogP contribution in [0.15, 0.2) is 30.3 Å². The van der Waals surface area contributed by atoms with Crippen molar-refractivity contribution in [3.63, 3.8) is 0 Å². The van der Waals surface area contributed by atoms with E-state index in [0.717, 1.165) is 14.4 Å². The quantitative estimate of drug-likeness (QED) is 0.820. The number of β-amino-alcohol motifs (C(OH)–C–C–N with tert-alkyl or cyclic N) is 1. The summed E-state index contributed by atoms with van der Waals surface area (Å²) < 4.78 is 28.4. The van der Waals surface area contributed by atoms with Gasteiger partial charge in [0, 0.05) is 31.9 Å². The molecule has 1 aromatic carbocycles. The number of hydrogen-bond acceptors (Lipinski definition) is 5. The average Bonchev–Trinajstić information content (AvgIpc) is 2.99. The highest BCUT2D eigenvalue weighted by atomic mass is 32.2. The van der Waals surface area contributed by atoms with E-state index in [4.69, 9.17) is 0 Å². The summed E-state index contributed by atoms with van der Waals surface area (Å²) in [5.41, 5.74) is 0. The molecule has 2 heterocycles. The molecule has 0 aliphatic carbocycles. The number of benzene rings is 1. The molecule has 3 rings (SSSR count). The van der Waals surface area contributed by atoms with E-state index in [2.05, 4.69) is 4.72 Å². The molecular weight excluding hydrogens is 362 g/mol. The average molecular weight is 383 g/mol. The van der Waals surface area contributed by atoms with E-state index >= 15 is 0 Å². The predicted molar refractivity (Wildman–Crippen MR) is 97.9 cm³/mol. The van der Waals surface area contributed by atoms with Crippen LogP contribution in [0.1, 0.15) is 16.1 Å². The van der Waals surface area contributed by atoms with Crippen molar-refractivity contribution in [1.29, 1.82) is 0 Å². The van der Waals surface area contributed by atoms with Gasteiger partial charge in [0.2, 0.25) is 0 Å². The Morgan fingerprint density at radius 2 is 2.08 bits per heavy atom. The van der Waals surface area contributed by atoms with E-state index in [1.165, 1.54) is 25.4 Å². The minimum absolute atomic E-state index is 0.105. The van der Waals surface area contributed by atoms with Crippen LogP contribution in [0, 0.1) is 0 Å². The number of thiophene rings is 1. The van der Waals surface area contributed by atoms with Gasteiger partial charge in [-0.15, -0.1) is 11.3 Å². The third kappa shape index (κ3) is 3.85. The molecule has 1 amide bonds. The Morgan fingerprint density at radius 1 is 1.36 bits per heavy atom. The smallest absolute Gasteiger partial charge is 0.279 e. The number of nitrogens with one attached hydrogen (secondary N) is 1. The molecule has 1 aliphatic heterocycles. The normalized spacial score (nSPS) is 21.8. The first-order chi connectivity index (χ1) is 11.8. The lowest BCUT2D eigenvalue weighted by molar-refractivity contribution is 0.0368. The Balaban J connectivity index is 1.69. The highest BCUT2D eigenvalue weighted by molar-refractivity contribution is 7.87. The number of likely N-dealkylation sites (tertiary alicyclic amines) is 1. The van der Waals surface area contributed by atoms with Crippen molar-refractivity contribution in [2.24, 2.45) is 0 Å². The van der Waals surface area contributed by atoms with Crippen molar-refractivity contribution in [2.45, 2.75) is 18.6 Å². The van der Waals surface area contributed by atoms with Gasteiger partial charge in [-0.2, -0.15) is 17.4 Å². The minimum atomic E-state index is -3.62. The van der Waals surface area contributed by atoms with Crippen molar-refractivity contribution in [3.8, 4) is 0 Å². The lowest BCUT2D eigenvalue weighted by Crippen LogP contribution is -2.56. The number of rotatable bonds is 4. The molecule has 1 fully saturated rings. The molecule has 0 spiro atoms. The lowest BCUT2D eigenvalue weighted by atomic mass is 10.0. The molecule has 0 radical (unpaired) electrons. The number of hydrogen-bond donors (Lipinski definition) is 2. The summed E-state index contributed by atoms with van der Waals surface area (Å²) in [4.78, 5) is 14.9. The Kier molecular flexibility index (Phi) is 5.12. The Morgan fingerprint density at radius 3 is 2.72 bits per heavy atom. The predicted octanol–water partition coefficient (Wildman–Crippen LogP) is 0.873. The molecule has 9 heteroatoms. The molecule has 136 valence electrons. The molecule has 2 atom stereocenters. The Hall–Kier alpha value is -1.52. The Bertz CT molecular complexity index is 845. The summed E-state index contributed by atoms with van der Waals surface area (Å²) in [6, 6.07) is 9.04. The zero-order valence-corrected chi connectivity index (χ0v) is 15.7. The van der Waals surface area contributed by atoms with Crippen LogP contribution in [0.5, 0.6) is 0 Å². The maximum atomic E-state index is 12.7. The highest BCUT2D eigenvalue weighted by Gasteiger charge is 2.34. The fourth-order valence-corrected chi connectivity index (χ4v) is 4.69. The van der Waals surface area contributed by atoms with Crippen LogP contribution in [0.4, 0.5) is 0 Å². The fourth-order valence-electron chi connectivity index (χ4n) is 2.79. The van der Waals surface area contributed by atoms with Crippen LogP contribution in [0.25, 0.3) is 10.1 Å². The molecule has 0 bridgehead atoms. The summed E-state index contributed by atoms with van der Waals surface area (Å²) in [5.74, 6) is -0.130. The van der Waals surface area contributed by atoms with Gasteiger partial charge in [0.1, 0.15) is 0 Å². The van der Waals surface area contributed by atoms with Gasteiger partial charge in [-0.05, 0) is 23.9 Å². The minimum Gasteiger partial charge on any atom is -0.390 e. The van der Waals surface area contributed by atoms with Crippen molar-refractivity contribution in [3.05, 3.63) is 35.2 Å². The largest absolute Gasteiger partial charge is 0.390 e. The number of piperidine rings is 1. The number of carbonyl (C=O) groups excluding carboxylic acids is 1. The molecule has 2 N–H and O–H groups in total. The summed E-state index contributed by atoms with van der Waals surface area (Å²) in [6.07, 6.45) is -0.577. The van der Waals surface area contributed by atoms with E-state index < -0.39 is 22.4 Å². The van der Waals surface area contributed by atoms with Crippen molar-refractivity contribution >= 4 is 37.5 Å². The van der Waals surface area contributed by atoms with Crippen LogP contribution < -0.4 is 4.72 Å². The number of nitrogens with zero attached hydrogens (tertiary/aromatic N) is 2. The van der Waals surface area contributed by atoms with Crippen LogP contribution in [0.3, 0.4) is 0 Å². The SMILES string of the molecule is CN(C)S(=O)(=O)N[C@@H]1CCN(C(=O)c2cc3ccccc3s2)C[C@H]1O. The second kappa shape index (κ2) is 7.00. The van der Waals surface area contributed by atoms with Crippen molar-refractivity contribution in [2.75, 3.05) is 27.2 Å². The molecular formula is C16H21N3O4S2. The molecule has 1 saturated heterocycles. The third-order valence-electron chi connectivity index (χ3n) is 4.29. The van der Waals surface area contributed by atoms with Crippen LogP contribution in [-0.4, -0.2) is 68.0 Å². The number of aliphatic hydroxyl groups is 1. The van der Waals surface area contributed by atoms with E-state index in [0.29, 0.717) is 17.8 Å². The molecule has 0 saturated carbocycles. The highest BCUT2D eigenvalue weighted by Crippen LogP contribution is 2.27. The van der Waals surface area contributed by atoms with Gasteiger partial charge < -0.3 is 10.0 Å². The van der Waals surface area contributed by atoms with E-state index in [9.17, 15) is 18.3 Å². The number of aliphatic hydroxyl groups excluding tert-OH is 1. The summed E-state index contributed by atoms with van der Waals surface area (Å²) >= 11 is 1.42. The van der Waals surface area contributed by atoms with Gasteiger partial charge in [0.15, 0.2) is 0 Å². The number of fused-ring (bicyclic) bond motifs is 1. The zero-order valence-electron chi connectivity index (χ0n) is 14.0. The van der Waals surface area contributed by atoms with E-state index in [1.807, 2.05) is 30.3 Å². The summed E-state index contributed by atoms with van der Waals surface area (Å²) in [6.45, 7) is 0.498. The second-order valence-electron chi connectivity index (χ2n) is 6.27. The molecule has 1 aromatic heterocycles. The van der Waals surface area contributed by atoms with Crippen molar-refractivity contribution < 1.29 is 18.3 Å². The van der Waals surface area contributed by atoms with Gasteiger partial charge >= 0.3 is 0 Å². The van der Waals surface area contributed by atoms with E-state index in [-0.39, 0.29) is 12.5 Å². The standard InChI is InChI=1S/C16H21N3O4S2/c1-18(2)25(22,23)17-12-7-8-19(10-13(12)20)16(21)15-9-11-5-3-4-6-14(11)24-15/h3-6,9,12-13,17,20H,7-8,10H2,1-2H3/t12-,13-/m1/s1. The summed E-state index contributed by atoms with van der Waals surface area (Å²) in [7, 11) is -0.765. The molecule has 2 aromatic rings. The second-order valence-corrected chi connectivity index (χ2v) is 9.27. The molecule has 1 aliphatic rings. The van der Waals surface area contributed by atoms with Gasteiger partial charge in [-0.25, -0.2) is 0 Å². The zero-order chi connectivity index (χ0) is 18.2. The first-order valence-corrected chi connectivity index (χ1v) is 10.2. The lowest BCUT2D eigenvalue weighted by Gasteiger charge is -2.36. The van der Waals surface area contributed by atoms with Gasteiger partial charge in [0.25, 0.3) is 16.1 Å². The Labute approximate surface area is 151 Å². The van der Waals surface area contributed by atoms with E-state index in [1.54, 1.807) is 4.90 Å². The maximum absolute atomic E-state index is 12.7. The van der Waals surface area contributed by atoms with Crippen LogP contribution in [-0.2, 0) is 10.2 Å².